The van der Waals surface area contributed by atoms with E-state index < -0.39 is 0 Å². The number of carbonyl (C=O) groups excluding carboxylic acids is 1. The van der Waals surface area contributed by atoms with Crippen LogP contribution in [0.1, 0.15) is 36.2 Å². The van der Waals surface area contributed by atoms with Crippen LogP contribution in [0, 0.1) is 11.8 Å². The number of nitrogens with one attached hydrogen (secondary N) is 1. The zero-order valence-electron chi connectivity index (χ0n) is 13.0. The molecule has 0 radical (unpaired) electrons. The lowest BCUT2D eigenvalue weighted by molar-refractivity contribution is 0.0952. The van der Waals surface area contributed by atoms with Crippen LogP contribution in [0.5, 0.6) is 0 Å². The van der Waals surface area contributed by atoms with Gasteiger partial charge in [0.25, 0.3) is 5.91 Å². The maximum atomic E-state index is 12.0. The van der Waals surface area contributed by atoms with Crippen LogP contribution in [-0.2, 0) is 0 Å². The number of carbonyl (C=O) groups is 1. The number of nitrogens with zero attached hydrogens (tertiary/aromatic N) is 1. The molecule has 21 heavy (non-hydrogen) atoms. The Morgan fingerprint density at radius 3 is 2.48 bits per heavy atom. The molecule has 1 rings (SSSR count). The van der Waals surface area contributed by atoms with E-state index in [0.29, 0.717) is 18.7 Å². The maximum Gasteiger partial charge on any atom is 0.251 e. The molecule has 0 saturated carbocycles. The molecule has 0 heterocycles. The average Bonchev–Trinajstić information content (AvgIpc) is 2.53. The molecule has 1 aromatic carbocycles. The van der Waals surface area contributed by atoms with E-state index in [1.807, 2.05) is 12.1 Å². The van der Waals surface area contributed by atoms with Crippen LogP contribution >= 0.6 is 0 Å². The molecular weight excluding hydrogens is 262 g/mol. The van der Waals surface area contributed by atoms with Gasteiger partial charge in [-0.15, -0.1) is 0 Å². The number of rotatable bonds is 7. The highest BCUT2D eigenvalue weighted by Crippen LogP contribution is 2.03. The Hall–Kier alpha value is -1.83. The SMILES string of the molecule is CCN(CC)CCCNC(=O)c1ccc(C#CCN)cc1. The van der Waals surface area contributed by atoms with Crippen molar-refractivity contribution in [2.75, 3.05) is 32.7 Å². The van der Waals surface area contributed by atoms with Gasteiger partial charge in [0.05, 0.1) is 6.54 Å². The Balaban J connectivity index is 2.38. The van der Waals surface area contributed by atoms with Gasteiger partial charge in [0, 0.05) is 17.7 Å². The fourth-order valence-electron chi connectivity index (χ4n) is 2.00. The van der Waals surface area contributed by atoms with Crippen LogP contribution in [0.2, 0.25) is 0 Å². The van der Waals surface area contributed by atoms with Gasteiger partial charge in [0.2, 0.25) is 0 Å². The van der Waals surface area contributed by atoms with E-state index in [-0.39, 0.29) is 5.91 Å². The van der Waals surface area contributed by atoms with Crippen molar-refractivity contribution in [3.05, 3.63) is 35.4 Å². The molecule has 4 nitrogen and oxygen atoms in total. The summed E-state index contributed by atoms with van der Waals surface area (Å²) in [4.78, 5) is 14.3. The fraction of sp³-hybridized carbons (Fsp3) is 0.471. The van der Waals surface area contributed by atoms with Gasteiger partial charge in [-0.3, -0.25) is 4.79 Å². The Morgan fingerprint density at radius 2 is 1.90 bits per heavy atom. The molecule has 0 aliphatic carbocycles. The van der Waals surface area contributed by atoms with Gasteiger partial charge in [-0.1, -0.05) is 25.7 Å². The van der Waals surface area contributed by atoms with Crippen LogP contribution in [-0.4, -0.2) is 43.5 Å². The van der Waals surface area contributed by atoms with E-state index in [4.69, 9.17) is 5.73 Å². The van der Waals surface area contributed by atoms with Crippen LogP contribution in [0.3, 0.4) is 0 Å². The van der Waals surface area contributed by atoms with Gasteiger partial charge < -0.3 is 16.0 Å². The largest absolute Gasteiger partial charge is 0.352 e. The standard InChI is InChI=1S/C17H25N3O/c1-3-20(4-2)14-6-13-19-17(21)16-10-8-15(9-11-16)7-5-12-18/h8-11H,3-4,6,12-14,18H2,1-2H3,(H,19,21). The molecule has 1 amide bonds. The first-order valence-corrected chi connectivity index (χ1v) is 7.50. The second kappa shape index (κ2) is 9.98. The molecule has 1 aromatic rings. The highest BCUT2D eigenvalue weighted by molar-refractivity contribution is 5.94. The van der Waals surface area contributed by atoms with Crippen LogP contribution in [0.25, 0.3) is 0 Å². The summed E-state index contributed by atoms with van der Waals surface area (Å²) in [5.41, 5.74) is 6.86. The predicted octanol–water partition coefficient (Wildman–Crippen LogP) is 1.46. The summed E-state index contributed by atoms with van der Waals surface area (Å²) in [5, 5.41) is 2.94. The molecule has 0 unspecified atom stereocenters. The first-order chi connectivity index (χ1) is 10.2. The Bertz CT molecular complexity index is 481. The molecule has 0 aliphatic rings. The third-order valence-corrected chi connectivity index (χ3v) is 3.31. The summed E-state index contributed by atoms with van der Waals surface area (Å²) in [5.74, 6) is 5.69. The molecule has 0 aliphatic heterocycles. The normalized spacial score (nSPS) is 10.1. The smallest absolute Gasteiger partial charge is 0.251 e. The lowest BCUT2D eigenvalue weighted by Crippen LogP contribution is -2.29. The van der Waals surface area contributed by atoms with E-state index in [2.05, 4.69) is 35.9 Å². The minimum atomic E-state index is -0.0344. The van der Waals surface area contributed by atoms with Crippen molar-refractivity contribution in [3.8, 4) is 11.8 Å². The summed E-state index contributed by atoms with van der Waals surface area (Å²) in [6.45, 7) is 8.46. The monoisotopic (exact) mass is 287 g/mol. The summed E-state index contributed by atoms with van der Waals surface area (Å²) in [6, 6.07) is 7.27. The number of amides is 1. The quantitative estimate of drug-likeness (QED) is 0.589. The van der Waals surface area contributed by atoms with E-state index >= 15 is 0 Å². The molecule has 0 fully saturated rings. The highest BCUT2D eigenvalue weighted by atomic mass is 16.1. The number of nitrogens with two attached hydrogens (primary N) is 1. The third kappa shape index (κ3) is 6.44. The van der Waals surface area contributed by atoms with Crippen molar-refractivity contribution < 1.29 is 4.79 Å². The predicted molar refractivity (Wildman–Crippen MR) is 87.1 cm³/mol. The van der Waals surface area contributed by atoms with Crippen molar-refractivity contribution in [2.45, 2.75) is 20.3 Å². The van der Waals surface area contributed by atoms with Crippen LogP contribution in [0.15, 0.2) is 24.3 Å². The Morgan fingerprint density at radius 1 is 1.24 bits per heavy atom. The van der Waals surface area contributed by atoms with Crippen molar-refractivity contribution in [2.24, 2.45) is 5.73 Å². The molecule has 0 aromatic heterocycles. The van der Waals surface area contributed by atoms with E-state index in [1.165, 1.54) is 0 Å². The first kappa shape index (κ1) is 17.2. The fourth-order valence-corrected chi connectivity index (χ4v) is 2.00. The summed E-state index contributed by atoms with van der Waals surface area (Å²) < 4.78 is 0. The van der Waals surface area contributed by atoms with Crippen molar-refractivity contribution in [3.63, 3.8) is 0 Å². The number of benzene rings is 1. The van der Waals surface area contributed by atoms with Crippen LogP contribution in [0.4, 0.5) is 0 Å². The maximum absolute atomic E-state index is 12.0. The summed E-state index contributed by atoms with van der Waals surface area (Å²) in [6.07, 6.45) is 0.966. The van der Waals surface area contributed by atoms with E-state index in [9.17, 15) is 4.79 Å². The molecule has 0 atom stereocenters. The van der Waals surface area contributed by atoms with Gasteiger partial charge >= 0.3 is 0 Å². The zero-order valence-corrected chi connectivity index (χ0v) is 13.0. The third-order valence-electron chi connectivity index (χ3n) is 3.31. The minimum absolute atomic E-state index is 0.0344. The molecule has 0 spiro atoms. The molecule has 3 N–H and O–H groups in total. The van der Waals surface area contributed by atoms with Crippen molar-refractivity contribution in [1.82, 2.24) is 10.2 Å². The topological polar surface area (TPSA) is 58.4 Å². The van der Waals surface area contributed by atoms with E-state index in [0.717, 1.165) is 31.6 Å². The molecular formula is C17H25N3O. The van der Waals surface area contributed by atoms with Gasteiger partial charge in [-0.25, -0.2) is 0 Å². The van der Waals surface area contributed by atoms with Gasteiger partial charge in [0.1, 0.15) is 0 Å². The second-order valence-corrected chi connectivity index (χ2v) is 4.72. The Labute approximate surface area is 127 Å². The van der Waals surface area contributed by atoms with Crippen molar-refractivity contribution >= 4 is 5.91 Å². The molecule has 4 heteroatoms. The molecule has 114 valence electrons. The molecule has 0 bridgehead atoms. The van der Waals surface area contributed by atoms with E-state index in [1.54, 1.807) is 12.1 Å². The zero-order chi connectivity index (χ0) is 15.5. The summed E-state index contributed by atoms with van der Waals surface area (Å²) in [7, 11) is 0. The minimum Gasteiger partial charge on any atom is -0.352 e. The molecule has 0 saturated heterocycles. The summed E-state index contributed by atoms with van der Waals surface area (Å²) >= 11 is 0. The number of hydrogen-bond donors (Lipinski definition) is 2. The average molecular weight is 287 g/mol. The van der Waals surface area contributed by atoms with Gasteiger partial charge in [-0.2, -0.15) is 0 Å². The van der Waals surface area contributed by atoms with Crippen LogP contribution < -0.4 is 11.1 Å². The van der Waals surface area contributed by atoms with Gasteiger partial charge in [-0.05, 0) is 50.3 Å². The second-order valence-electron chi connectivity index (χ2n) is 4.72. The van der Waals surface area contributed by atoms with Gasteiger partial charge in [0.15, 0.2) is 0 Å². The number of hydrogen-bond acceptors (Lipinski definition) is 3. The highest BCUT2D eigenvalue weighted by Gasteiger charge is 2.04. The Kier molecular flexibility index (Phi) is 8.18. The van der Waals surface area contributed by atoms with Crippen molar-refractivity contribution in [1.29, 1.82) is 0 Å². The lowest BCUT2D eigenvalue weighted by atomic mass is 10.1. The first-order valence-electron chi connectivity index (χ1n) is 7.50. The lowest BCUT2D eigenvalue weighted by Gasteiger charge is -2.17.